The maximum absolute atomic E-state index is 12.8. The summed E-state index contributed by atoms with van der Waals surface area (Å²) in [6.45, 7) is 5.75. The summed E-state index contributed by atoms with van der Waals surface area (Å²) < 4.78 is 10.8. The number of hydrogen-bond donors (Lipinski definition) is 1. The Morgan fingerprint density at radius 1 is 1.23 bits per heavy atom. The molecule has 1 saturated heterocycles. The zero-order valence-corrected chi connectivity index (χ0v) is 18.8. The van der Waals surface area contributed by atoms with Crippen molar-refractivity contribution in [2.75, 3.05) is 32.1 Å². The molecule has 0 spiro atoms. The van der Waals surface area contributed by atoms with E-state index in [-0.39, 0.29) is 11.8 Å². The molecule has 1 heterocycles. The molecule has 164 valence electrons. The average Bonchev–Trinajstić information content (AvgIpc) is 3.28. The fourth-order valence-corrected chi connectivity index (χ4v) is 3.88. The van der Waals surface area contributed by atoms with Crippen molar-refractivity contribution in [3.05, 3.63) is 58.1 Å². The molecule has 0 unspecified atom stereocenters. The molecular formula is C24H27ClN2O4. The standard InChI is InChI=1S/C24H27ClN2O4/c1-4-31-21-15-17(14-19(25)23(21)30-3)10-11-22(28)26-20-9-7-8-18(16(20)2)24(29)27-12-5-6-13-27/h7-11,14-15H,4-6,12-13H2,1-3H3,(H,26,28)/b11-10+. The number of ether oxygens (including phenoxy) is 2. The van der Waals surface area contributed by atoms with Crippen molar-refractivity contribution in [3.63, 3.8) is 0 Å². The maximum atomic E-state index is 12.8. The van der Waals surface area contributed by atoms with Crippen LogP contribution < -0.4 is 14.8 Å². The number of methoxy groups -OCH3 is 1. The molecule has 1 aliphatic heterocycles. The van der Waals surface area contributed by atoms with Gasteiger partial charge in [0.25, 0.3) is 5.91 Å². The molecular weight excluding hydrogens is 416 g/mol. The van der Waals surface area contributed by atoms with E-state index >= 15 is 0 Å². The second-order valence-corrected chi connectivity index (χ2v) is 7.67. The predicted octanol–water partition coefficient (Wildman–Crippen LogP) is 4.94. The van der Waals surface area contributed by atoms with Crippen LogP contribution in [0.3, 0.4) is 0 Å². The number of nitrogens with one attached hydrogen (secondary N) is 1. The molecule has 0 atom stereocenters. The Hall–Kier alpha value is -2.99. The van der Waals surface area contributed by atoms with Crippen LogP contribution in [0.1, 0.15) is 41.3 Å². The van der Waals surface area contributed by atoms with Gasteiger partial charge >= 0.3 is 0 Å². The summed E-state index contributed by atoms with van der Waals surface area (Å²) in [5, 5.41) is 3.26. The Labute approximate surface area is 187 Å². The van der Waals surface area contributed by atoms with E-state index in [2.05, 4.69) is 5.32 Å². The van der Waals surface area contributed by atoms with E-state index in [1.165, 1.54) is 13.2 Å². The highest BCUT2D eigenvalue weighted by Crippen LogP contribution is 2.36. The highest BCUT2D eigenvalue weighted by molar-refractivity contribution is 6.32. The zero-order valence-electron chi connectivity index (χ0n) is 18.0. The van der Waals surface area contributed by atoms with Crippen molar-refractivity contribution in [1.29, 1.82) is 0 Å². The van der Waals surface area contributed by atoms with Crippen molar-refractivity contribution in [2.24, 2.45) is 0 Å². The first kappa shape index (κ1) is 22.7. The number of halogens is 1. The van der Waals surface area contributed by atoms with Gasteiger partial charge in [-0.1, -0.05) is 17.7 Å². The highest BCUT2D eigenvalue weighted by atomic mass is 35.5. The SMILES string of the molecule is CCOc1cc(/C=C/C(=O)Nc2cccc(C(=O)N3CCCC3)c2C)cc(Cl)c1OC. The number of carbonyl (C=O) groups is 2. The van der Waals surface area contributed by atoms with E-state index in [0.29, 0.717) is 39.9 Å². The summed E-state index contributed by atoms with van der Waals surface area (Å²) in [5.74, 6) is 0.679. The Bertz CT molecular complexity index is 997. The molecule has 31 heavy (non-hydrogen) atoms. The van der Waals surface area contributed by atoms with E-state index in [0.717, 1.165) is 31.5 Å². The summed E-state index contributed by atoms with van der Waals surface area (Å²) >= 11 is 6.26. The number of rotatable bonds is 7. The van der Waals surface area contributed by atoms with Gasteiger partial charge in [0.05, 0.1) is 18.7 Å². The van der Waals surface area contributed by atoms with Crippen LogP contribution in [-0.4, -0.2) is 43.5 Å². The number of benzene rings is 2. The van der Waals surface area contributed by atoms with Crippen LogP contribution in [0.2, 0.25) is 5.02 Å². The second-order valence-electron chi connectivity index (χ2n) is 7.27. The largest absolute Gasteiger partial charge is 0.491 e. The van der Waals surface area contributed by atoms with E-state index in [4.69, 9.17) is 21.1 Å². The first-order chi connectivity index (χ1) is 14.9. The molecule has 1 N–H and O–H groups in total. The van der Waals surface area contributed by atoms with Crippen LogP contribution >= 0.6 is 11.6 Å². The molecule has 7 heteroatoms. The summed E-state index contributed by atoms with van der Waals surface area (Å²) in [4.78, 5) is 27.1. The molecule has 2 amide bonds. The third-order valence-electron chi connectivity index (χ3n) is 5.18. The van der Waals surface area contributed by atoms with Crippen LogP contribution in [0.15, 0.2) is 36.4 Å². The maximum Gasteiger partial charge on any atom is 0.254 e. The molecule has 0 aliphatic carbocycles. The summed E-state index contributed by atoms with van der Waals surface area (Å²) in [6, 6.07) is 8.84. The number of carbonyl (C=O) groups excluding carboxylic acids is 2. The van der Waals surface area contributed by atoms with Crippen LogP contribution in [0, 0.1) is 6.92 Å². The van der Waals surface area contributed by atoms with E-state index < -0.39 is 0 Å². The van der Waals surface area contributed by atoms with Crippen LogP contribution in [0.25, 0.3) is 6.08 Å². The van der Waals surface area contributed by atoms with Gasteiger partial charge in [0, 0.05) is 30.4 Å². The molecule has 0 aromatic heterocycles. The van der Waals surface area contributed by atoms with Gasteiger partial charge in [-0.3, -0.25) is 9.59 Å². The molecule has 2 aromatic carbocycles. The molecule has 3 rings (SSSR count). The van der Waals surface area contributed by atoms with Gasteiger partial charge in [-0.25, -0.2) is 0 Å². The third kappa shape index (κ3) is 5.39. The minimum atomic E-state index is -0.307. The smallest absolute Gasteiger partial charge is 0.254 e. The molecule has 1 fully saturated rings. The van der Waals surface area contributed by atoms with E-state index in [1.807, 2.05) is 18.7 Å². The van der Waals surface area contributed by atoms with Crippen molar-refractivity contribution in [1.82, 2.24) is 4.90 Å². The quantitative estimate of drug-likeness (QED) is 0.616. The molecule has 0 radical (unpaired) electrons. The topological polar surface area (TPSA) is 67.9 Å². The minimum Gasteiger partial charge on any atom is -0.491 e. The predicted molar refractivity (Wildman–Crippen MR) is 123 cm³/mol. The Balaban J connectivity index is 1.74. The molecule has 1 aliphatic rings. The molecule has 0 saturated carbocycles. The number of amides is 2. The minimum absolute atomic E-state index is 0.0120. The van der Waals surface area contributed by atoms with E-state index in [1.54, 1.807) is 36.4 Å². The average molecular weight is 443 g/mol. The number of anilines is 1. The lowest BCUT2D eigenvalue weighted by Gasteiger charge is -2.18. The summed E-state index contributed by atoms with van der Waals surface area (Å²) in [7, 11) is 1.53. The first-order valence-electron chi connectivity index (χ1n) is 10.3. The zero-order chi connectivity index (χ0) is 22.4. The Morgan fingerprint density at radius 3 is 2.65 bits per heavy atom. The normalized spacial score (nSPS) is 13.5. The van der Waals surface area contributed by atoms with Crippen molar-refractivity contribution >= 4 is 35.2 Å². The summed E-state index contributed by atoms with van der Waals surface area (Å²) in [6.07, 6.45) is 5.14. The van der Waals surface area contributed by atoms with Crippen LogP contribution in [-0.2, 0) is 4.79 Å². The third-order valence-corrected chi connectivity index (χ3v) is 5.46. The molecule has 6 nitrogen and oxygen atoms in total. The molecule has 0 bridgehead atoms. The lowest BCUT2D eigenvalue weighted by Crippen LogP contribution is -2.28. The first-order valence-corrected chi connectivity index (χ1v) is 10.7. The van der Waals surface area contributed by atoms with Gasteiger partial charge in [0.15, 0.2) is 11.5 Å². The second kappa shape index (κ2) is 10.4. The lowest BCUT2D eigenvalue weighted by molar-refractivity contribution is -0.111. The number of hydrogen-bond acceptors (Lipinski definition) is 4. The van der Waals surface area contributed by atoms with Crippen LogP contribution in [0.5, 0.6) is 11.5 Å². The van der Waals surface area contributed by atoms with Gasteiger partial charge in [-0.2, -0.15) is 0 Å². The number of nitrogens with zero attached hydrogens (tertiary/aromatic N) is 1. The fraction of sp³-hybridized carbons (Fsp3) is 0.333. The van der Waals surface area contributed by atoms with Crippen molar-refractivity contribution in [3.8, 4) is 11.5 Å². The van der Waals surface area contributed by atoms with Gasteiger partial charge in [0.1, 0.15) is 0 Å². The van der Waals surface area contributed by atoms with Crippen LogP contribution in [0.4, 0.5) is 5.69 Å². The fourth-order valence-electron chi connectivity index (χ4n) is 3.58. The monoisotopic (exact) mass is 442 g/mol. The van der Waals surface area contributed by atoms with Gasteiger partial charge in [-0.05, 0) is 68.2 Å². The van der Waals surface area contributed by atoms with Crippen molar-refractivity contribution < 1.29 is 19.1 Å². The Morgan fingerprint density at radius 2 is 1.97 bits per heavy atom. The lowest BCUT2D eigenvalue weighted by atomic mass is 10.1. The Kier molecular flexibility index (Phi) is 7.58. The number of likely N-dealkylation sites (tertiary alicyclic amines) is 1. The summed E-state index contributed by atoms with van der Waals surface area (Å²) in [5.41, 5.74) is 2.70. The van der Waals surface area contributed by atoms with E-state index in [9.17, 15) is 9.59 Å². The highest BCUT2D eigenvalue weighted by Gasteiger charge is 2.21. The van der Waals surface area contributed by atoms with Crippen molar-refractivity contribution in [2.45, 2.75) is 26.7 Å². The van der Waals surface area contributed by atoms with Gasteiger partial charge < -0.3 is 19.7 Å². The molecule has 2 aromatic rings. The van der Waals surface area contributed by atoms with Gasteiger partial charge in [0.2, 0.25) is 5.91 Å². The van der Waals surface area contributed by atoms with Gasteiger partial charge in [-0.15, -0.1) is 0 Å².